The highest BCUT2D eigenvalue weighted by Gasteiger charge is 2.12. The summed E-state index contributed by atoms with van der Waals surface area (Å²) in [6.07, 6.45) is 0. The van der Waals surface area contributed by atoms with E-state index in [0.29, 0.717) is 22.0 Å². The van der Waals surface area contributed by atoms with E-state index in [1.165, 1.54) is 0 Å². The van der Waals surface area contributed by atoms with Crippen LogP contribution in [0, 0.1) is 10.5 Å². The topological polar surface area (TPSA) is 55.1 Å². The predicted octanol–water partition coefficient (Wildman–Crippen LogP) is 4.09. The highest BCUT2D eigenvalue weighted by atomic mass is 127. The van der Waals surface area contributed by atoms with Gasteiger partial charge in [-0.1, -0.05) is 17.7 Å². The molecule has 0 atom stereocenters. The minimum Gasteiger partial charge on any atom is -0.398 e. The molecule has 0 aromatic heterocycles. The number of nitrogens with two attached hydrogens (primary N) is 1. The third-order valence-corrected chi connectivity index (χ3v) is 3.78. The summed E-state index contributed by atoms with van der Waals surface area (Å²) in [6.45, 7) is 1.82. The van der Waals surface area contributed by atoms with Gasteiger partial charge in [0, 0.05) is 14.8 Å². The first kappa shape index (κ1) is 14.1. The molecular weight excluding hydrogens is 375 g/mol. The molecule has 0 spiro atoms. The Morgan fingerprint density at radius 1 is 1.32 bits per heavy atom. The number of amides is 1. The van der Waals surface area contributed by atoms with Gasteiger partial charge in [0.2, 0.25) is 0 Å². The number of rotatable bonds is 2. The Bertz CT molecular complexity index is 643. The Balaban J connectivity index is 2.28. The van der Waals surface area contributed by atoms with Gasteiger partial charge in [0.15, 0.2) is 0 Å². The zero-order valence-electron chi connectivity index (χ0n) is 10.2. The molecule has 98 valence electrons. The second kappa shape index (κ2) is 5.79. The molecule has 0 fully saturated rings. The maximum absolute atomic E-state index is 12.2. The molecule has 2 aromatic rings. The molecule has 0 saturated heterocycles. The predicted molar refractivity (Wildman–Crippen MR) is 87.7 cm³/mol. The van der Waals surface area contributed by atoms with Gasteiger partial charge in [0.05, 0.1) is 10.7 Å². The molecular formula is C14H12ClIN2O. The summed E-state index contributed by atoms with van der Waals surface area (Å²) in [4.78, 5) is 12.2. The van der Waals surface area contributed by atoms with Crippen LogP contribution in [-0.2, 0) is 0 Å². The SMILES string of the molecule is Cc1c(N)cccc1C(=O)Nc1ccc(I)cc1Cl. The fourth-order valence-electron chi connectivity index (χ4n) is 1.68. The molecule has 0 aliphatic heterocycles. The summed E-state index contributed by atoms with van der Waals surface area (Å²) in [7, 11) is 0. The van der Waals surface area contributed by atoms with Crippen molar-refractivity contribution < 1.29 is 4.79 Å². The number of anilines is 2. The average molecular weight is 387 g/mol. The van der Waals surface area contributed by atoms with Gasteiger partial charge >= 0.3 is 0 Å². The molecule has 0 aliphatic carbocycles. The van der Waals surface area contributed by atoms with Crippen molar-refractivity contribution >= 4 is 51.5 Å². The molecule has 0 radical (unpaired) electrons. The smallest absolute Gasteiger partial charge is 0.256 e. The summed E-state index contributed by atoms with van der Waals surface area (Å²) in [5, 5.41) is 3.31. The molecule has 3 N–H and O–H groups in total. The lowest BCUT2D eigenvalue weighted by Crippen LogP contribution is -2.14. The minimum absolute atomic E-state index is 0.215. The van der Waals surface area contributed by atoms with Gasteiger partial charge in [0.1, 0.15) is 0 Å². The van der Waals surface area contributed by atoms with Crippen molar-refractivity contribution in [3.63, 3.8) is 0 Å². The quantitative estimate of drug-likeness (QED) is 0.603. The molecule has 5 heteroatoms. The van der Waals surface area contributed by atoms with Crippen molar-refractivity contribution in [3.05, 3.63) is 56.1 Å². The fourth-order valence-corrected chi connectivity index (χ4v) is 2.58. The van der Waals surface area contributed by atoms with E-state index >= 15 is 0 Å². The molecule has 2 aromatic carbocycles. The van der Waals surface area contributed by atoms with Crippen LogP contribution in [-0.4, -0.2) is 5.91 Å². The number of hydrogen-bond acceptors (Lipinski definition) is 2. The first-order valence-corrected chi connectivity index (χ1v) is 7.06. The summed E-state index contributed by atoms with van der Waals surface area (Å²) >= 11 is 8.25. The van der Waals surface area contributed by atoms with Crippen molar-refractivity contribution in [3.8, 4) is 0 Å². The van der Waals surface area contributed by atoms with Crippen molar-refractivity contribution in [2.45, 2.75) is 6.92 Å². The Morgan fingerprint density at radius 2 is 2.05 bits per heavy atom. The van der Waals surface area contributed by atoms with Crippen LogP contribution in [0.2, 0.25) is 5.02 Å². The molecule has 0 aliphatic rings. The molecule has 0 heterocycles. The van der Waals surface area contributed by atoms with Gasteiger partial charge in [-0.3, -0.25) is 4.79 Å². The van der Waals surface area contributed by atoms with Gasteiger partial charge < -0.3 is 11.1 Å². The van der Waals surface area contributed by atoms with Gasteiger partial charge in [-0.05, 0) is 65.4 Å². The van der Waals surface area contributed by atoms with E-state index in [4.69, 9.17) is 17.3 Å². The van der Waals surface area contributed by atoms with Gasteiger partial charge in [-0.2, -0.15) is 0 Å². The van der Waals surface area contributed by atoms with E-state index < -0.39 is 0 Å². The first-order chi connectivity index (χ1) is 8.99. The van der Waals surface area contributed by atoms with Crippen LogP contribution in [0.25, 0.3) is 0 Å². The van der Waals surface area contributed by atoms with E-state index in [9.17, 15) is 4.79 Å². The molecule has 2 rings (SSSR count). The number of halogens is 2. The Hall–Kier alpha value is -1.27. The number of benzene rings is 2. The molecule has 19 heavy (non-hydrogen) atoms. The average Bonchev–Trinajstić information content (AvgIpc) is 2.36. The standard InChI is InChI=1S/C14H12ClIN2O/c1-8-10(3-2-4-12(8)17)14(19)18-13-6-5-9(16)7-11(13)15/h2-7H,17H2,1H3,(H,18,19). The number of carbonyl (C=O) groups is 1. The van der Waals surface area contributed by atoms with E-state index in [1.807, 2.05) is 13.0 Å². The Morgan fingerprint density at radius 3 is 2.74 bits per heavy atom. The largest absolute Gasteiger partial charge is 0.398 e. The van der Waals surface area contributed by atoms with E-state index in [-0.39, 0.29) is 5.91 Å². The van der Waals surface area contributed by atoms with Crippen molar-refractivity contribution in [2.75, 3.05) is 11.1 Å². The normalized spacial score (nSPS) is 10.3. The highest BCUT2D eigenvalue weighted by Crippen LogP contribution is 2.25. The molecule has 0 unspecified atom stereocenters. The lowest BCUT2D eigenvalue weighted by atomic mass is 10.1. The van der Waals surface area contributed by atoms with Gasteiger partial charge in [-0.25, -0.2) is 0 Å². The lowest BCUT2D eigenvalue weighted by Gasteiger charge is -2.10. The summed E-state index contributed by atoms with van der Waals surface area (Å²) in [5.41, 5.74) is 8.30. The van der Waals surface area contributed by atoms with Crippen LogP contribution in [0.4, 0.5) is 11.4 Å². The van der Waals surface area contributed by atoms with Crippen molar-refractivity contribution in [1.29, 1.82) is 0 Å². The van der Waals surface area contributed by atoms with Crippen LogP contribution >= 0.6 is 34.2 Å². The number of nitrogen functional groups attached to an aromatic ring is 1. The van der Waals surface area contributed by atoms with Crippen LogP contribution in [0.1, 0.15) is 15.9 Å². The molecule has 0 bridgehead atoms. The second-order valence-corrected chi connectivity index (χ2v) is 5.75. The summed E-state index contributed by atoms with van der Waals surface area (Å²) in [5.74, 6) is -0.215. The van der Waals surface area contributed by atoms with Crippen LogP contribution in [0.3, 0.4) is 0 Å². The van der Waals surface area contributed by atoms with E-state index in [2.05, 4.69) is 27.9 Å². The maximum atomic E-state index is 12.2. The first-order valence-electron chi connectivity index (χ1n) is 5.60. The second-order valence-electron chi connectivity index (χ2n) is 4.10. The van der Waals surface area contributed by atoms with Crippen molar-refractivity contribution in [2.24, 2.45) is 0 Å². The lowest BCUT2D eigenvalue weighted by molar-refractivity contribution is 0.102. The van der Waals surface area contributed by atoms with E-state index in [0.717, 1.165) is 9.13 Å². The molecule has 1 amide bonds. The number of nitrogens with one attached hydrogen (secondary N) is 1. The third kappa shape index (κ3) is 3.19. The van der Waals surface area contributed by atoms with Gasteiger partial charge in [0.25, 0.3) is 5.91 Å². The molecule has 3 nitrogen and oxygen atoms in total. The van der Waals surface area contributed by atoms with Crippen LogP contribution in [0.15, 0.2) is 36.4 Å². The van der Waals surface area contributed by atoms with Crippen LogP contribution in [0.5, 0.6) is 0 Å². The van der Waals surface area contributed by atoms with E-state index in [1.54, 1.807) is 30.3 Å². The Labute approximate surface area is 130 Å². The fraction of sp³-hybridized carbons (Fsp3) is 0.0714. The van der Waals surface area contributed by atoms with Crippen LogP contribution < -0.4 is 11.1 Å². The zero-order chi connectivity index (χ0) is 14.0. The number of carbonyl (C=O) groups excluding carboxylic acids is 1. The monoisotopic (exact) mass is 386 g/mol. The minimum atomic E-state index is -0.215. The zero-order valence-corrected chi connectivity index (χ0v) is 13.1. The summed E-state index contributed by atoms with van der Waals surface area (Å²) < 4.78 is 1.01. The molecule has 0 saturated carbocycles. The maximum Gasteiger partial charge on any atom is 0.256 e. The van der Waals surface area contributed by atoms with Gasteiger partial charge in [-0.15, -0.1) is 0 Å². The number of hydrogen-bond donors (Lipinski definition) is 2. The third-order valence-electron chi connectivity index (χ3n) is 2.80. The summed E-state index contributed by atoms with van der Waals surface area (Å²) in [6, 6.07) is 10.7. The highest BCUT2D eigenvalue weighted by molar-refractivity contribution is 14.1. The Kier molecular flexibility index (Phi) is 4.31. The van der Waals surface area contributed by atoms with Crippen molar-refractivity contribution in [1.82, 2.24) is 0 Å².